The Morgan fingerprint density at radius 3 is 2.00 bits per heavy atom. The Kier molecular flexibility index (Phi) is 4.93. The molecule has 1 rings (SSSR count). The van der Waals surface area contributed by atoms with Gasteiger partial charge in [-0.2, -0.15) is 8.42 Å². The first-order valence-corrected chi connectivity index (χ1v) is 4.21. The van der Waals surface area contributed by atoms with Crippen LogP contribution in [0.3, 0.4) is 0 Å². The molecule has 60 valence electrons. The third kappa shape index (κ3) is 3.13. The number of para-hydroxylation sites is 1. The number of aromatic hydroxyl groups is 1. The summed E-state index contributed by atoms with van der Waals surface area (Å²) in [6.07, 6.45) is 0. The van der Waals surface area contributed by atoms with Gasteiger partial charge < -0.3 is 5.11 Å². The second-order valence-electron chi connectivity index (χ2n) is 1.94. The van der Waals surface area contributed by atoms with Gasteiger partial charge in [-0.15, -0.1) is 0 Å². The summed E-state index contributed by atoms with van der Waals surface area (Å²) in [6, 6.07) is 5.17. The van der Waals surface area contributed by atoms with Gasteiger partial charge in [-0.05, 0) is 12.1 Å². The molecule has 0 saturated carbocycles. The summed E-state index contributed by atoms with van der Waals surface area (Å²) in [7, 11) is -4.28. The van der Waals surface area contributed by atoms with E-state index >= 15 is 0 Å². The van der Waals surface area contributed by atoms with Crippen molar-refractivity contribution in [2.45, 2.75) is 4.90 Å². The zero-order chi connectivity index (χ0) is 8.48. The molecular formula is C6H6KO4S+. The second kappa shape index (κ2) is 4.71. The maximum atomic E-state index is 10.4. The van der Waals surface area contributed by atoms with Gasteiger partial charge in [0.1, 0.15) is 10.6 Å². The number of phenolic OH excluding ortho intramolecular Hbond substituents is 1. The minimum Gasteiger partial charge on any atom is -0.506 e. The van der Waals surface area contributed by atoms with Gasteiger partial charge in [-0.3, -0.25) is 4.55 Å². The van der Waals surface area contributed by atoms with Crippen LogP contribution in [0.15, 0.2) is 29.2 Å². The minimum absolute atomic E-state index is 0. The fourth-order valence-corrected chi connectivity index (χ4v) is 1.26. The Balaban J connectivity index is 0.00000121. The summed E-state index contributed by atoms with van der Waals surface area (Å²) in [4.78, 5) is -0.472. The number of phenols is 1. The van der Waals surface area contributed by atoms with Gasteiger partial charge in [0.2, 0.25) is 0 Å². The van der Waals surface area contributed by atoms with Crippen LogP contribution in [0.25, 0.3) is 0 Å². The molecule has 0 aliphatic carbocycles. The average Bonchev–Trinajstić information content (AvgIpc) is 1.86. The fraction of sp³-hybridized carbons (Fsp3) is 0. The maximum absolute atomic E-state index is 10.4. The topological polar surface area (TPSA) is 74.6 Å². The number of hydrogen-bond acceptors (Lipinski definition) is 3. The van der Waals surface area contributed by atoms with Gasteiger partial charge in [0.25, 0.3) is 10.1 Å². The van der Waals surface area contributed by atoms with E-state index in [4.69, 9.17) is 9.66 Å². The Hall–Kier alpha value is 0.566. The van der Waals surface area contributed by atoms with Gasteiger partial charge >= 0.3 is 51.4 Å². The van der Waals surface area contributed by atoms with E-state index in [1.54, 1.807) is 0 Å². The molecule has 2 N–H and O–H groups in total. The maximum Gasteiger partial charge on any atom is 1.00 e. The molecule has 0 radical (unpaired) electrons. The summed E-state index contributed by atoms with van der Waals surface area (Å²) >= 11 is 0. The molecule has 4 nitrogen and oxygen atoms in total. The van der Waals surface area contributed by atoms with Gasteiger partial charge in [-0.25, -0.2) is 0 Å². The molecule has 0 unspecified atom stereocenters. The van der Waals surface area contributed by atoms with Crippen molar-refractivity contribution in [1.82, 2.24) is 0 Å². The number of rotatable bonds is 1. The second-order valence-corrected chi connectivity index (χ2v) is 3.33. The molecule has 0 bridgehead atoms. The molecule has 6 heteroatoms. The molecule has 0 aromatic heterocycles. The van der Waals surface area contributed by atoms with Crippen molar-refractivity contribution in [3.05, 3.63) is 24.3 Å². The molecule has 0 fully saturated rings. The quantitative estimate of drug-likeness (QED) is 0.404. The third-order valence-corrected chi connectivity index (χ3v) is 2.04. The van der Waals surface area contributed by atoms with Gasteiger partial charge in [0.15, 0.2) is 0 Å². The van der Waals surface area contributed by atoms with Crippen molar-refractivity contribution in [1.29, 1.82) is 0 Å². The summed E-state index contributed by atoms with van der Waals surface area (Å²) in [5, 5.41) is 8.91. The molecule has 0 amide bonds. The van der Waals surface area contributed by atoms with E-state index in [2.05, 4.69) is 0 Å². The van der Waals surface area contributed by atoms with Crippen LogP contribution in [-0.2, 0) is 10.1 Å². The van der Waals surface area contributed by atoms with Crippen LogP contribution in [-0.4, -0.2) is 18.1 Å². The zero-order valence-corrected chi connectivity index (χ0v) is 10.4. The Morgan fingerprint density at radius 1 is 1.17 bits per heavy atom. The van der Waals surface area contributed by atoms with E-state index in [9.17, 15) is 8.42 Å². The standard InChI is InChI=1S/C6H6O4S.K/c7-5-3-1-2-4-6(5)11(8,9)10;/h1-4,7H,(H,8,9,10);/q;+1. The van der Waals surface area contributed by atoms with Gasteiger partial charge in [-0.1, -0.05) is 12.1 Å². The molecule has 0 spiro atoms. The summed E-state index contributed by atoms with van der Waals surface area (Å²) < 4.78 is 29.4. The molecule has 1 aromatic rings. The molecule has 1 aromatic carbocycles. The first kappa shape index (κ1) is 12.6. The molecule has 0 aliphatic heterocycles. The van der Waals surface area contributed by atoms with E-state index in [1.807, 2.05) is 0 Å². The molecule has 12 heavy (non-hydrogen) atoms. The van der Waals surface area contributed by atoms with Crippen molar-refractivity contribution < 1.29 is 69.5 Å². The monoisotopic (exact) mass is 213 g/mol. The predicted octanol–water partition coefficient (Wildman–Crippen LogP) is -2.36. The van der Waals surface area contributed by atoms with E-state index in [1.165, 1.54) is 18.2 Å². The first-order valence-electron chi connectivity index (χ1n) is 2.77. The zero-order valence-electron chi connectivity index (χ0n) is 6.43. The molecule has 0 atom stereocenters. The largest absolute Gasteiger partial charge is 1.00 e. The molecule has 0 aliphatic rings. The Bertz CT molecular complexity index is 360. The third-order valence-electron chi connectivity index (χ3n) is 1.14. The van der Waals surface area contributed by atoms with Crippen molar-refractivity contribution in [3.8, 4) is 5.75 Å². The van der Waals surface area contributed by atoms with E-state index in [0.29, 0.717) is 0 Å². The summed E-state index contributed by atoms with van der Waals surface area (Å²) in [6.45, 7) is 0. The van der Waals surface area contributed by atoms with E-state index in [-0.39, 0.29) is 51.4 Å². The van der Waals surface area contributed by atoms with Gasteiger partial charge in [0.05, 0.1) is 0 Å². The Labute approximate surface area is 113 Å². The SMILES string of the molecule is O=S(=O)(O)c1ccccc1O.[K+]. The van der Waals surface area contributed by atoms with E-state index < -0.39 is 20.8 Å². The van der Waals surface area contributed by atoms with Gasteiger partial charge in [0, 0.05) is 0 Å². The van der Waals surface area contributed by atoms with Crippen molar-refractivity contribution in [2.75, 3.05) is 0 Å². The molecule has 0 saturated heterocycles. The van der Waals surface area contributed by atoms with Crippen LogP contribution < -0.4 is 51.4 Å². The summed E-state index contributed by atoms with van der Waals surface area (Å²) in [5.41, 5.74) is 0. The minimum atomic E-state index is -4.28. The smallest absolute Gasteiger partial charge is 0.506 e. The predicted molar refractivity (Wildman–Crippen MR) is 37.9 cm³/mol. The molecule has 0 heterocycles. The van der Waals surface area contributed by atoms with Crippen LogP contribution in [0, 0.1) is 0 Å². The average molecular weight is 213 g/mol. The summed E-state index contributed by atoms with van der Waals surface area (Å²) in [5.74, 6) is -0.449. The van der Waals surface area contributed by atoms with Crippen molar-refractivity contribution in [3.63, 3.8) is 0 Å². The molecular weight excluding hydrogens is 207 g/mol. The number of hydrogen-bond donors (Lipinski definition) is 2. The van der Waals surface area contributed by atoms with Crippen molar-refractivity contribution in [2.24, 2.45) is 0 Å². The van der Waals surface area contributed by atoms with Crippen LogP contribution in [0.5, 0.6) is 5.75 Å². The van der Waals surface area contributed by atoms with Crippen LogP contribution in [0.2, 0.25) is 0 Å². The first-order chi connectivity index (χ1) is 5.02. The Morgan fingerprint density at radius 2 is 1.67 bits per heavy atom. The van der Waals surface area contributed by atoms with Crippen LogP contribution >= 0.6 is 0 Å². The van der Waals surface area contributed by atoms with Crippen LogP contribution in [0.1, 0.15) is 0 Å². The fourth-order valence-electron chi connectivity index (χ4n) is 0.675. The van der Waals surface area contributed by atoms with E-state index in [0.717, 1.165) is 6.07 Å². The number of benzene rings is 1. The van der Waals surface area contributed by atoms with Crippen molar-refractivity contribution >= 4 is 10.1 Å². The van der Waals surface area contributed by atoms with Crippen LogP contribution in [0.4, 0.5) is 0 Å². The normalized spacial score (nSPS) is 10.4.